The van der Waals surface area contributed by atoms with Gasteiger partial charge in [0.1, 0.15) is 6.04 Å². The molecule has 8 heteroatoms. The summed E-state index contributed by atoms with van der Waals surface area (Å²) in [5.41, 5.74) is 8.47. The monoisotopic (exact) mass is 519 g/mol. The molecule has 1 aliphatic rings. The van der Waals surface area contributed by atoms with Crippen LogP contribution in [0, 0.1) is 5.92 Å². The van der Waals surface area contributed by atoms with Gasteiger partial charge in [-0.25, -0.2) is 0 Å². The highest BCUT2D eigenvalue weighted by Gasteiger charge is 2.33. The Hall–Kier alpha value is -3.62. The Balaban J connectivity index is 1.56. The molecule has 0 saturated carbocycles. The van der Waals surface area contributed by atoms with Gasteiger partial charge in [0.25, 0.3) is 0 Å². The largest absolute Gasteiger partial charge is 0.454 e. The Bertz CT molecular complexity index is 1230. The topological polar surface area (TPSA) is 105 Å². The Morgan fingerprint density at radius 3 is 2.27 bits per heavy atom. The molecular weight excluding hydrogens is 490 g/mol. The maximum absolute atomic E-state index is 13.9. The fraction of sp³-hybridized carbons (Fsp3) is 0.276. The van der Waals surface area contributed by atoms with Gasteiger partial charge in [-0.2, -0.15) is 0 Å². The first kappa shape index (κ1) is 26.4. The van der Waals surface area contributed by atoms with Crippen molar-refractivity contribution >= 4 is 28.6 Å². The Kier molecular flexibility index (Phi) is 8.98. The van der Waals surface area contributed by atoms with Crippen molar-refractivity contribution in [1.82, 2.24) is 0 Å². The minimum Gasteiger partial charge on any atom is -0.454 e. The summed E-state index contributed by atoms with van der Waals surface area (Å²) in [5, 5.41) is -0.0957. The molecule has 1 heterocycles. The van der Waals surface area contributed by atoms with Crippen molar-refractivity contribution in [3.63, 3.8) is 0 Å². The summed E-state index contributed by atoms with van der Waals surface area (Å²) in [4.78, 5) is 38.7. The van der Waals surface area contributed by atoms with Gasteiger partial charge in [-0.3, -0.25) is 14.4 Å². The summed E-state index contributed by atoms with van der Waals surface area (Å²) in [6.07, 6.45) is -0.523. The molecule has 0 fully saturated rings. The lowest BCUT2D eigenvalue weighted by Gasteiger charge is -2.24. The van der Waals surface area contributed by atoms with Gasteiger partial charge >= 0.3 is 5.97 Å². The Labute approximate surface area is 220 Å². The third-order valence-corrected chi connectivity index (χ3v) is 6.98. The highest BCUT2D eigenvalue weighted by Crippen LogP contribution is 2.34. The molecule has 3 aromatic rings. The summed E-state index contributed by atoms with van der Waals surface area (Å²) in [5.74, 6) is -0.0452. The van der Waals surface area contributed by atoms with Gasteiger partial charge in [-0.1, -0.05) is 78.5 Å². The first-order chi connectivity index (χ1) is 17.9. The number of carbonyl (C=O) groups is 3. The third kappa shape index (κ3) is 7.21. The van der Waals surface area contributed by atoms with Crippen molar-refractivity contribution in [2.24, 2.45) is 11.7 Å². The molecule has 0 saturated heterocycles. The van der Waals surface area contributed by atoms with Crippen molar-refractivity contribution in [2.45, 2.75) is 31.9 Å². The normalized spacial score (nSPS) is 14.4. The van der Waals surface area contributed by atoms with Crippen molar-refractivity contribution in [2.75, 3.05) is 12.5 Å². The molecule has 0 radical (unpaired) electrons. The van der Waals surface area contributed by atoms with Crippen LogP contribution in [0.15, 0.2) is 78.9 Å². The zero-order valence-electron chi connectivity index (χ0n) is 20.5. The fourth-order valence-corrected chi connectivity index (χ4v) is 4.82. The number of ether oxygens (including phenoxy) is 3. The summed E-state index contributed by atoms with van der Waals surface area (Å²) < 4.78 is 16.6. The van der Waals surface area contributed by atoms with Crippen molar-refractivity contribution in [1.29, 1.82) is 0 Å². The summed E-state index contributed by atoms with van der Waals surface area (Å²) in [6, 6.07) is 22.8. The lowest BCUT2D eigenvalue weighted by Crippen LogP contribution is -2.38. The first-order valence-corrected chi connectivity index (χ1v) is 13.0. The average Bonchev–Trinajstić information content (AvgIpc) is 3.38. The van der Waals surface area contributed by atoms with Crippen molar-refractivity contribution < 1.29 is 28.6 Å². The van der Waals surface area contributed by atoms with Gasteiger partial charge in [0, 0.05) is 18.6 Å². The molecule has 0 amide bonds. The summed E-state index contributed by atoms with van der Waals surface area (Å²) >= 11 is 1.07. The van der Waals surface area contributed by atoms with E-state index in [2.05, 4.69) is 0 Å². The van der Waals surface area contributed by atoms with Crippen LogP contribution in [0.2, 0.25) is 0 Å². The van der Waals surface area contributed by atoms with Gasteiger partial charge in [-0.05, 0) is 41.7 Å². The number of ketones is 1. The van der Waals surface area contributed by atoms with Crippen LogP contribution in [0.1, 0.15) is 29.7 Å². The number of nitrogens with two attached hydrogens (primary N) is 1. The molecular formula is C29H29NO6S. The van der Waals surface area contributed by atoms with Gasteiger partial charge < -0.3 is 19.9 Å². The molecule has 0 spiro atoms. The van der Waals surface area contributed by atoms with Crippen molar-refractivity contribution in [3.05, 3.63) is 95.6 Å². The average molecular weight is 520 g/mol. The third-order valence-electron chi connectivity index (χ3n) is 6.01. The van der Waals surface area contributed by atoms with Crippen LogP contribution < -0.4 is 15.2 Å². The molecule has 3 atom stereocenters. The number of fused-ring (bicyclic) bond motifs is 1. The SMILES string of the molecule is CC(=O)SCC(Cc1ccc2c(c1)OCO2)C(=O)[C@@H](OC(=O)[C@@H](N)Cc1ccccc1)c1ccccc1. The predicted molar refractivity (Wildman–Crippen MR) is 141 cm³/mol. The Morgan fingerprint density at radius 1 is 0.892 bits per heavy atom. The van der Waals surface area contributed by atoms with E-state index in [9.17, 15) is 14.4 Å². The van der Waals surface area contributed by atoms with Crippen LogP contribution in [0.5, 0.6) is 11.5 Å². The van der Waals surface area contributed by atoms with E-state index >= 15 is 0 Å². The molecule has 37 heavy (non-hydrogen) atoms. The highest BCUT2D eigenvalue weighted by molar-refractivity contribution is 8.13. The summed E-state index contributed by atoms with van der Waals surface area (Å²) in [6.45, 7) is 1.61. The molecule has 7 nitrogen and oxygen atoms in total. The predicted octanol–water partition coefficient (Wildman–Crippen LogP) is 4.28. The molecule has 0 aliphatic carbocycles. The number of hydrogen-bond donors (Lipinski definition) is 1. The van der Waals surface area contributed by atoms with E-state index in [1.165, 1.54) is 6.92 Å². The zero-order valence-corrected chi connectivity index (χ0v) is 21.3. The van der Waals surface area contributed by atoms with Crippen molar-refractivity contribution in [3.8, 4) is 11.5 Å². The van der Waals surface area contributed by atoms with Gasteiger partial charge in [-0.15, -0.1) is 0 Å². The van der Waals surface area contributed by atoms with Crippen LogP contribution in [-0.2, 0) is 32.0 Å². The number of carbonyl (C=O) groups excluding carboxylic acids is 3. The number of esters is 1. The van der Waals surface area contributed by atoms with Gasteiger partial charge in [0.15, 0.2) is 28.5 Å². The van der Waals surface area contributed by atoms with Crippen LogP contribution >= 0.6 is 11.8 Å². The first-order valence-electron chi connectivity index (χ1n) is 12.0. The van der Waals surface area contributed by atoms with E-state index in [-0.39, 0.29) is 29.9 Å². The van der Waals surface area contributed by atoms with Crippen LogP contribution in [0.25, 0.3) is 0 Å². The summed E-state index contributed by atoms with van der Waals surface area (Å²) in [7, 11) is 0. The lowest BCUT2D eigenvalue weighted by atomic mass is 9.91. The second-order valence-electron chi connectivity index (χ2n) is 8.82. The standard InChI is InChI=1S/C29H29NO6S/c1-19(31)37-17-23(14-21-12-13-25-26(16-21)35-18-34-25)27(32)28(22-10-6-3-7-11-22)36-29(33)24(30)15-20-8-4-2-5-9-20/h2-13,16,23-24,28H,14-15,17-18,30H2,1H3/t23?,24-,28-/m0/s1. The van der Waals surface area contributed by atoms with E-state index in [0.717, 1.165) is 22.9 Å². The van der Waals surface area contributed by atoms with Crippen LogP contribution in [0.4, 0.5) is 0 Å². The minimum absolute atomic E-state index is 0.0957. The second kappa shape index (κ2) is 12.6. The van der Waals surface area contributed by atoms with Gasteiger partial charge in [0.05, 0.1) is 0 Å². The van der Waals surface area contributed by atoms with E-state index in [0.29, 0.717) is 23.5 Å². The number of rotatable bonds is 11. The van der Waals surface area contributed by atoms with Gasteiger partial charge in [0.2, 0.25) is 6.79 Å². The van der Waals surface area contributed by atoms with Crippen LogP contribution in [-0.4, -0.2) is 35.5 Å². The highest BCUT2D eigenvalue weighted by atomic mass is 32.2. The quantitative estimate of drug-likeness (QED) is 0.375. The molecule has 192 valence electrons. The maximum atomic E-state index is 13.9. The molecule has 3 aromatic carbocycles. The smallest absolute Gasteiger partial charge is 0.324 e. The molecule has 0 bridgehead atoms. The molecule has 4 rings (SSSR count). The molecule has 0 aromatic heterocycles. The van der Waals surface area contributed by atoms with E-state index in [1.807, 2.05) is 48.5 Å². The number of hydrogen-bond acceptors (Lipinski definition) is 8. The Morgan fingerprint density at radius 2 is 1.57 bits per heavy atom. The number of thioether (sulfide) groups is 1. The second-order valence-corrected chi connectivity index (χ2v) is 10.0. The lowest BCUT2D eigenvalue weighted by molar-refractivity contribution is -0.158. The van der Waals surface area contributed by atoms with E-state index < -0.39 is 24.0 Å². The van der Waals surface area contributed by atoms with E-state index in [1.54, 1.807) is 30.3 Å². The van der Waals surface area contributed by atoms with Crippen LogP contribution in [0.3, 0.4) is 0 Å². The number of Topliss-reactive ketones (excluding diaryl/α,β-unsaturated/α-hetero) is 1. The van der Waals surface area contributed by atoms with E-state index in [4.69, 9.17) is 19.9 Å². The molecule has 1 unspecified atom stereocenters. The number of benzene rings is 3. The minimum atomic E-state index is -1.15. The molecule has 1 aliphatic heterocycles. The zero-order chi connectivity index (χ0) is 26.2. The molecule has 2 N–H and O–H groups in total. The fourth-order valence-electron chi connectivity index (χ4n) is 4.10. The maximum Gasteiger partial charge on any atom is 0.324 e.